The summed E-state index contributed by atoms with van der Waals surface area (Å²) in [4.78, 5) is 2.41. The van der Waals surface area contributed by atoms with Gasteiger partial charge in [-0.15, -0.1) is 0 Å². The van der Waals surface area contributed by atoms with Crippen LogP contribution in [0.3, 0.4) is 0 Å². The van der Waals surface area contributed by atoms with Gasteiger partial charge < -0.3 is 10.5 Å². The second-order valence-corrected chi connectivity index (χ2v) is 5.61. The molecule has 3 nitrogen and oxygen atoms in total. The van der Waals surface area contributed by atoms with Gasteiger partial charge in [-0.25, -0.2) is 0 Å². The highest BCUT2D eigenvalue weighted by Crippen LogP contribution is 2.24. The Bertz CT molecular complexity index is 382. The summed E-state index contributed by atoms with van der Waals surface area (Å²) < 4.78 is 5.85. The normalized spacial score (nSPS) is 24.7. The van der Waals surface area contributed by atoms with Crippen molar-refractivity contribution in [3.8, 4) is 5.75 Å². The summed E-state index contributed by atoms with van der Waals surface area (Å²) in [5.74, 6) is 1.59. The fraction of sp³-hybridized carbons (Fsp3) is 0.600. The summed E-state index contributed by atoms with van der Waals surface area (Å²) in [7, 11) is 0. The third-order valence-corrected chi connectivity index (χ3v) is 3.48. The molecule has 2 atom stereocenters. The SMILES string of the molecule is CC(C)Oc1ccccc1CN1CC(C)C(N)C1. The molecular formula is C15H24N2O. The van der Waals surface area contributed by atoms with Crippen LogP contribution < -0.4 is 10.5 Å². The molecule has 0 saturated carbocycles. The number of para-hydroxylation sites is 1. The molecule has 0 radical (unpaired) electrons. The minimum atomic E-state index is 0.214. The van der Waals surface area contributed by atoms with E-state index in [2.05, 4.69) is 43.9 Å². The van der Waals surface area contributed by atoms with Gasteiger partial charge in [-0.2, -0.15) is 0 Å². The predicted molar refractivity (Wildman–Crippen MR) is 74.6 cm³/mol. The van der Waals surface area contributed by atoms with E-state index in [1.54, 1.807) is 0 Å². The average molecular weight is 248 g/mol. The van der Waals surface area contributed by atoms with Crippen LogP contribution in [-0.4, -0.2) is 30.1 Å². The quantitative estimate of drug-likeness (QED) is 0.888. The molecule has 2 unspecified atom stereocenters. The van der Waals surface area contributed by atoms with Crippen molar-refractivity contribution in [2.45, 2.75) is 39.5 Å². The van der Waals surface area contributed by atoms with Crippen LogP contribution in [0.15, 0.2) is 24.3 Å². The van der Waals surface area contributed by atoms with E-state index >= 15 is 0 Å². The predicted octanol–water partition coefficient (Wildman–Crippen LogP) is 2.25. The van der Waals surface area contributed by atoms with Gasteiger partial charge in [0.2, 0.25) is 0 Å². The van der Waals surface area contributed by atoms with Crippen molar-refractivity contribution in [2.24, 2.45) is 11.7 Å². The molecule has 0 aliphatic carbocycles. The Labute approximate surface area is 110 Å². The van der Waals surface area contributed by atoms with E-state index in [-0.39, 0.29) is 6.10 Å². The number of rotatable bonds is 4. The molecule has 0 bridgehead atoms. The molecule has 1 aliphatic rings. The van der Waals surface area contributed by atoms with Crippen LogP contribution >= 0.6 is 0 Å². The number of nitrogens with two attached hydrogens (primary N) is 1. The number of ether oxygens (including phenoxy) is 1. The lowest BCUT2D eigenvalue weighted by Crippen LogP contribution is -2.28. The number of hydrogen-bond donors (Lipinski definition) is 1. The highest BCUT2D eigenvalue weighted by atomic mass is 16.5. The molecule has 1 saturated heterocycles. The van der Waals surface area contributed by atoms with Crippen LogP contribution in [0, 0.1) is 5.92 Å². The van der Waals surface area contributed by atoms with Gasteiger partial charge in [0.05, 0.1) is 6.10 Å². The van der Waals surface area contributed by atoms with Gasteiger partial charge in [0, 0.05) is 31.2 Å². The average Bonchev–Trinajstić information content (AvgIpc) is 2.60. The molecule has 3 heteroatoms. The zero-order valence-electron chi connectivity index (χ0n) is 11.6. The summed E-state index contributed by atoms with van der Waals surface area (Å²) in [6, 6.07) is 8.60. The Hall–Kier alpha value is -1.06. The molecule has 1 aromatic carbocycles. The number of likely N-dealkylation sites (tertiary alicyclic amines) is 1. The van der Waals surface area contributed by atoms with Crippen molar-refractivity contribution in [2.75, 3.05) is 13.1 Å². The molecule has 2 N–H and O–H groups in total. The van der Waals surface area contributed by atoms with Gasteiger partial charge in [-0.1, -0.05) is 25.1 Å². The Morgan fingerprint density at radius 3 is 2.67 bits per heavy atom. The maximum Gasteiger partial charge on any atom is 0.124 e. The Morgan fingerprint density at radius 1 is 1.33 bits per heavy atom. The second kappa shape index (κ2) is 5.72. The fourth-order valence-electron chi connectivity index (χ4n) is 2.47. The summed E-state index contributed by atoms with van der Waals surface area (Å²) in [6.45, 7) is 9.34. The summed E-state index contributed by atoms with van der Waals surface area (Å²) in [6.07, 6.45) is 0.214. The molecule has 0 amide bonds. The van der Waals surface area contributed by atoms with E-state index in [1.165, 1.54) is 5.56 Å². The minimum Gasteiger partial charge on any atom is -0.491 e. The second-order valence-electron chi connectivity index (χ2n) is 5.61. The topological polar surface area (TPSA) is 38.5 Å². The van der Waals surface area contributed by atoms with Crippen molar-refractivity contribution in [1.82, 2.24) is 4.90 Å². The number of nitrogens with zero attached hydrogens (tertiary/aromatic N) is 1. The van der Waals surface area contributed by atoms with Gasteiger partial charge in [0.25, 0.3) is 0 Å². The molecule has 1 fully saturated rings. The van der Waals surface area contributed by atoms with Crippen molar-refractivity contribution in [3.05, 3.63) is 29.8 Å². The largest absolute Gasteiger partial charge is 0.491 e. The number of benzene rings is 1. The first-order valence-electron chi connectivity index (χ1n) is 6.78. The fourth-order valence-corrected chi connectivity index (χ4v) is 2.47. The molecule has 0 aromatic heterocycles. The molecular weight excluding hydrogens is 224 g/mol. The lowest BCUT2D eigenvalue weighted by molar-refractivity contribution is 0.233. The molecule has 1 aromatic rings. The van der Waals surface area contributed by atoms with Crippen LogP contribution in [0.5, 0.6) is 5.75 Å². The van der Waals surface area contributed by atoms with Crippen LogP contribution in [0.4, 0.5) is 0 Å². The monoisotopic (exact) mass is 248 g/mol. The van der Waals surface area contributed by atoms with Crippen molar-refractivity contribution in [3.63, 3.8) is 0 Å². The van der Waals surface area contributed by atoms with E-state index in [1.807, 2.05) is 6.07 Å². The van der Waals surface area contributed by atoms with E-state index in [0.717, 1.165) is 25.4 Å². The van der Waals surface area contributed by atoms with Gasteiger partial charge >= 0.3 is 0 Å². The third kappa shape index (κ3) is 3.24. The zero-order chi connectivity index (χ0) is 13.1. The Kier molecular flexibility index (Phi) is 4.25. The first kappa shape index (κ1) is 13.4. The van der Waals surface area contributed by atoms with E-state index in [4.69, 9.17) is 10.5 Å². The first-order chi connectivity index (χ1) is 8.56. The molecule has 0 spiro atoms. The van der Waals surface area contributed by atoms with Crippen LogP contribution in [0.25, 0.3) is 0 Å². The van der Waals surface area contributed by atoms with E-state index < -0.39 is 0 Å². The van der Waals surface area contributed by atoms with Crippen LogP contribution in [0.2, 0.25) is 0 Å². The molecule has 100 valence electrons. The van der Waals surface area contributed by atoms with Crippen molar-refractivity contribution in [1.29, 1.82) is 0 Å². The van der Waals surface area contributed by atoms with Crippen LogP contribution in [-0.2, 0) is 6.54 Å². The van der Waals surface area contributed by atoms with Crippen molar-refractivity contribution < 1.29 is 4.74 Å². The highest BCUT2D eigenvalue weighted by molar-refractivity contribution is 5.33. The van der Waals surface area contributed by atoms with Gasteiger partial charge in [0.15, 0.2) is 0 Å². The number of hydrogen-bond acceptors (Lipinski definition) is 3. The van der Waals surface area contributed by atoms with Crippen LogP contribution in [0.1, 0.15) is 26.3 Å². The lowest BCUT2D eigenvalue weighted by atomic mass is 10.1. The van der Waals surface area contributed by atoms with Gasteiger partial charge in [-0.3, -0.25) is 4.90 Å². The van der Waals surface area contributed by atoms with E-state index in [9.17, 15) is 0 Å². The summed E-state index contributed by atoms with van der Waals surface area (Å²) >= 11 is 0. The zero-order valence-corrected chi connectivity index (χ0v) is 11.6. The minimum absolute atomic E-state index is 0.214. The molecule has 1 aliphatic heterocycles. The summed E-state index contributed by atoms with van der Waals surface area (Å²) in [5.41, 5.74) is 7.33. The smallest absolute Gasteiger partial charge is 0.124 e. The van der Waals surface area contributed by atoms with Gasteiger partial charge in [0.1, 0.15) is 5.75 Å². The standard InChI is InChI=1S/C15H24N2O/c1-11(2)18-15-7-5-4-6-13(15)9-17-8-12(3)14(16)10-17/h4-7,11-12,14H,8-10,16H2,1-3H3. The Balaban J connectivity index is 2.05. The maximum absolute atomic E-state index is 6.07. The first-order valence-corrected chi connectivity index (χ1v) is 6.78. The molecule has 2 rings (SSSR count). The maximum atomic E-state index is 6.07. The Morgan fingerprint density at radius 2 is 2.06 bits per heavy atom. The highest BCUT2D eigenvalue weighted by Gasteiger charge is 2.26. The molecule has 18 heavy (non-hydrogen) atoms. The van der Waals surface area contributed by atoms with Gasteiger partial charge in [-0.05, 0) is 25.8 Å². The summed E-state index contributed by atoms with van der Waals surface area (Å²) in [5, 5.41) is 0. The van der Waals surface area contributed by atoms with Crippen molar-refractivity contribution >= 4 is 0 Å². The molecule has 1 heterocycles. The lowest BCUT2D eigenvalue weighted by Gasteiger charge is -2.19. The third-order valence-electron chi connectivity index (χ3n) is 3.48. The van der Waals surface area contributed by atoms with E-state index in [0.29, 0.717) is 12.0 Å².